The number of anilines is 1. The van der Waals surface area contributed by atoms with Crippen LogP contribution in [0.3, 0.4) is 0 Å². The predicted molar refractivity (Wildman–Crippen MR) is 109 cm³/mol. The highest BCUT2D eigenvalue weighted by molar-refractivity contribution is 7.89. The fraction of sp³-hybridized carbons (Fsp3) is 0.381. The molecule has 0 bridgehead atoms. The topological polar surface area (TPSA) is 75.7 Å². The number of methoxy groups -OCH3 is 1. The highest BCUT2D eigenvalue weighted by atomic mass is 32.2. The number of halogens is 3. The van der Waals surface area contributed by atoms with Gasteiger partial charge in [0.2, 0.25) is 15.9 Å². The molecular weight excluding hydrogens is 433 g/mol. The van der Waals surface area contributed by atoms with E-state index in [9.17, 15) is 26.4 Å². The minimum Gasteiger partial charge on any atom is -0.496 e. The van der Waals surface area contributed by atoms with Gasteiger partial charge in [0.15, 0.2) is 0 Å². The number of piperidine rings is 1. The minimum atomic E-state index is -4.52. The van der Waals surface area contributed by atoms with Gasteiger partial charge in [-0.2, -0.15) is 17.5 Å². The molecule has 10 heteroatoms. The average Bonchev–Trinajstić information content (AvgIpc) is 2.73. The average molecular weight is 456 g/mol. The van der Waals surface area contributed by atoms with Crippen molar-refractivity contribution < 1.29 is 31.1 Å². The number of aryl methyl sites for hydroxylation is 1. The zero-order valence-corrected chi connectivity index (χ0v) is 17.9. The number of amides is 1. The first-order valence-electron chi connectivity index (χ1n) is 9.65. The molecule has 1 aliphatic heterocycles. The van der Waals surface area contributed by atoms with Gasteiger partial charge in [-0.25, -0.2) is 8.42 Å². The summed E-state index contributed by atoms with van der Waals surface area (Å²) in [6, 6.07) is 8.89. The summed E-state index contributed by atoms with van der Waals surface area (Å²) in [4.78, 5) is 12.7. The Bertz CT molecular complexity index is 1070. The highest BCUT2D eigenvalue weighted by Crippen LogP contribution is 2.31. The van der Waals surface area contributed by atoms with Crippen LogP contribution in [0.15, 0.2) is 47.4 Å². The Morgan fingerprint density at radius 1 is 1.19 bits per heavy atom. The number of sulfonamides is 1. The van der Waals surface area contributed by atoms with Gasteiger partial charge >= 0.3 is 6.18 Å². The maximum absolute atomic E-state index is 13.0. The number of rotatable bonds is 5. The predicted octanol–water partition coefficient (Wildman–Crippen LogP) is 4.06. The van der Waals surface area contributed by atoms with Crippen molar-refractivity contribution in [1.82, 2.24) is 4.31 Å². The number of carbonyl (C=O) groups excluding carboxylic acids is 1. The zero-order valence-electron chi connectivity index (χ0n) is 17.1. The van der Waals surface area contributed by atoms with Crippen LogP contribution in [0.2, 0.25) is 0 Å². The Morgan fingerprint density at radius 3 is 2.58 bits per heavy atom. The third kappa shape index (κ3) is 5.19. The second kappa shape index (κ2) is 8.88. The lowest BCUT2D eigenvalue weighted by Crippen LogP contribution is -2.43. The lowest BCUT2D eigenvalue weighted by molar-refractivity contribution is -0.137. The first-order valence-corrected chi connectivity index (χ1v) is 11.1. The zero-order chi connectivity index (χ0) is 22.8. The summed E-state index contributed by atoms with van der Waals surface area (Å²) < 4.78 is 71.2. The first kappa shape index (κ1) is 23.1. The molecule has 2 aromatic rings. The summed E-state index contributed by atoms with van der Waals surface area (Å²) in [5, 5.41) is 2.48. The summed E-state index contributed by atoms with van der Waals surface area (Å²) in [6.45, 7) is 1.96. The number of ether oxygens (including phenoxy) is 1. The third-order valence-corrected chi connectivity index (χ3v) is 7.08. The van der Waals surface area contributed by atoms with Crippen molar-refractivity contribution in [3.63, 3.8) is 0 Å². The molecule has 6 nitrogen and oxygen atoms in total. The van der Waals surface area contributed by atoms with Crippen LogP contribution in [0, 0.1) is 12.8 Å². The van der Waals surface area contributed by atoms with Crippen LogP contribution in [0.5, 0.6) is 5.75 Å². The molecule has 0 spiro atoms. The maximum atomic E-state index is 13.0. The largest absolute Gasteiger partial charge is 0.496 e. The van der Waals surface area contributed by atoms with Gasteiger partial charge in [0.05, 0.1) is 23.5 Å². The van der Waals surface area contributed by atoms with E-state index in [-0.39, 0.29) is 23.7 Å². The van der Waals surface area contributed by atoms with Crippen molar-refractivity contribution in [2.45, 2.75) is 30.8 Å². The number of carbonyl (C=O) groups is 1. The monoisotopic (exact) mass is 456 g/mol. The van der Waals surface area contributed by atoms with Gasteiger partial charge in [0, 0.05) is 18.8 Å². The van der Waals surface area contributed by atoms with Gasteiger partial charge in [0.25, 0.3) is 0 Å². The molecule has 31 heavy (non-hydrogen) atoms. The Hall–Kier alpha value is -2.59. The van der Waals surface area contributed by atoms with Crippen LogP contribution in [0.25, 0.3) is 0 Å². The lowest BCUT2D eigenvalue weighted by Gasteiger charge is -2.31. The molecule has 1 fully saturated rings. The first-order chi connectivity index (χ1) is 14.5. The molecule has 0 radical (unpaired) electrons. The van der Waals surface area contributed by atoms with E-state index in [2.05, 4.69) is 5.32 Å². The van der Waals surface area contributed by atoms with Gasteiger partial charge in [-0.3, -0.25) is 4.79 Å². The van der Waals surface area contributed by atoms with Gasteiger partial charge in [-0.15, -0.1) is 0 Å². The van der Waals surface area contributed by atoms with Gasteiger partial charge in [-0.05, 0) is 61.7 Å². The molecule has 1 atom stereocenters. The van der Waals surface area contributed by atoms with Crippen molar-refractivity contribution in [3.8, 4) is 5.75 Å². The summed E-state index contributed by atoms with van der Waals surface area (Å²) in [5.74, 6) is -0.613. The molecular formula is C21H23F3N2O4S. The molecule has 1 amide bonds. The maximum Gasteiger partial charge on any atom is 0.416 e. The van der Waals surface area contributed by atoms with E-state index in [1.807, 2.05) is 0 Å². The van der Waals surface area contributed by atoms with Crippen LogP contribution in [-0.2, 0) is 21.0 Å². The van der Waals surface area contributed by atoms with Gasteiger partial charge < -0.3 is 10.1 Å². The molecule has 0 unspecified atom stereocenters. The molecule has 0 aromatic heterocycles. The summed E-state index contributed by atoms with van der Waals surface area (Å²) in [6.07, 6.45) is -3.61. The smallest absolute Gasteiger partial charge is 0.416 e. The minimum absolute atomic E-state index is 0.0191. The van der Waals surface area contributed by atoms with E-state index in [1.165, 1.54) is 35.7 Å². The van der Waals surface area contributed by atoms with E-state index in [0.717, 1.165) is 12.1 Å². The molecule has 168 valence electrons. The number of hydrogen-bond acceptors (Lipinski definition) is 4. The van der Waals surface area contributed by atoms with Crippen LogP contribution in [0.1, 0.15) is 24.0 Å². The molecule has 1 aliphatic rings. The van der Waals surface area contributed by atoms with Gasteiger partial charge in [0.1, 0.15) is 5.75 Å². The number of alkyl halides is 3. The Kier molecular flexibility index (Phi) is 6.61. The Morgan fingerprint density at radius 2 is 1.94 bits per heavy atom. The third-order valence-electron chi connectivity index (χ3n) is 5.22. The fourth-order valence-corrected chi connectivity index (χ4v) is 5.16. The van der Waals surface area contributed by atoms with E-state index in [4.69, 9.17) is 4.74 Å². The number of hydrogen-bond donors (Lipinski definition) is 1. The van der Waals surface area contributed by atoms with Crippen LogP contribution >= 0.6 is 0 Å². The Balaban J connectivity index is 1.74. The second-order valence-corrected chi connectivity index (χ2v) is 9.34. The number of benzene rings is 2. The van der Waals surface area contributed by atoms with Crippen LogP contribution in [0.4, 0.5) is 18.9 Å². The van der Waals surface area contributed by atoms with Gasteiger partial charge in [-0.1, -0.05) is 6.07 Å². The molecule has 2 aromatic carbocycles. The summed E-state index contributed by atoms with van der Waals surface area (Å²) >= 11 is 0. The molecule has 3 rings (SSSR count). The Labute approximate surface area is 179 Å². The highest BCUT2D eigenvalue weighted by Gasteiger charge is 2.34. The van der Waals surface area contributed by atoms with Crippen LogP contribution in [-0.4, -0.2) is 38.8 Å². The standard InChI is InChI=1S/C21H23F3N2O4S/c1-14-11-18(8-9-19(14)30-2)31(28,29)26-10-4-5-15(13-26)20(27)25-17-7-3-6-16(12-17)21(22,23)24/h3,6-9,11-12,15H,4-5,10,13H2,1-2H3,(H,25,27)/t15-/m0/s1. The summed E-state index contributed by atoms with van der Waals surface area (Å²) in [7, 11) is -2.33. The van der Waals surface area contributed by atoms with E-state index < -0.39 is 33.6 Å². The van der Waals surface area contributed by atoms with Crippen LogP contribution < -0.4 is 10.1 Å². The lowest BCUT2D eigenvalue weighted by atomic mass is 9.98. The van der Waals surface area contributed by atoms with E-state index in [0.29, 0.717) is 24.2 Å². The molecule has 1 N–H and O–H groups in total. The molecule has 1 heterocycles. The van der Waals surface area contributed by atoms with Crippen molar-refractivity contribution in [3.05, 3.63) is 53.6 Å². The number of nitrogens with zero attached hydrogens (tertiary/aromatic N) is 1. The molecule has 1 saturated heterocycles. The number of nitrogens with one attached hydrogen (secondary N) is 1. The fourth-order valence-electron chi connectivity index (χ4n) is 3.55. The normalized spacial score (nSPS) is 17.9. The van der Waals surface area contributed by atoms with E-state index >= 15 is 0 Å². The van der Waals surface area contributed by atoms with Crippen molar-refractivity contribution >= 4 is 21.6 Å². The molecule has 0 saturated carbocycles. The summed E-state index contributed by atoms with van der Waals surface area (Å²) in [5.41, 5.74) is -0.182. The van der Waals surface area contributed by atoms with E-state index in [1.54, 1.807) is 13.0 Å². The second-order valence-electron chi connectivity index (χ2n) is 7.40. The van der Waals surface area contributed by atoms with Crippen molar-refractivity contribution in [1.29, 1.82) is 0 Å². The van der Waals surface area contributed by atoms with Crippen molar-refractivity contribution in [2.24, 2.45) is 5.92 Å². The quantitative estimate of drug-likeness (QED) is 0.736. The van der Waals surface area contributed by atoms with Crippen molar-refractivity contribution in [2.75, 3.05) is 25.5 Å². The SMILES string of the molecule is COc1ccc(S(=O)(=O)N2CCC[C@H](C(=O)Nc3cccc(C(F)(F)F)c3)C2)cc1C. The molecule has 0 aliphatic carbocycles.